The zero-order valence-electron chi connectivity index (χ0n) is 24.5. The highest BCUT2D eigenvalue weighted by Gasteiger charge is 2.42. The smallest absolute Gasteiger partial charge is 0.122 e. The van der Waals surface area contributed by atoms with Crippen LogP contribution in [0.1, 0.15) is 71.9 Å². The summed E-state index contributed by atoms with van der Waals surface area (Å²) in [5, 5.41) is 13.8. The minimum atomic E-state index is 0.284. The molecule has 1 unspecified atom stereocenters. The van der Waals surface area contributed by atoms with Crippen LogP contribution in [0.2, 0.25) is 0 Å². The van der Waals surface area contributed by atoms with Crippen LogP contribution in [-0.2, 0) is 12.8 Å². The van der Waals surface area contributed by atoms with Crippen LogP contribution in [0.5, 0.6) is 5.75 Å². The zero-order chi connectivity index (χ0) is 27.8. The number of aromatic amines is 2. The Morgan fingerprint density at radius 2 is 1.76 bits per heavy atom. The van der Waals surface area contributed by atoms with Gasteiger partial charge in [0.1, 0.15) is 5.75 Å². The summed E-state index contributed by atoms with van der Waals surface area (Å²) in [7, 11) is 4.50. The molecule has 0 bridgehead atoms. The molecule has 3 N–H and O–H groups in total. The van der Waals surface area contributed by atoms with Gasteiger partial charge in [-0.3, -0.25) is 14.7 Å². The van der Waals surface area contributed by atoms with Crippen LogP contribution in [0, 0.1) is 11.8 Å². The number of para-hydroxylation sites is 1. The van der Waals surface area contributed by atoms with E-state index in [1.54, 1.807) is 0 Å². The second kappa shape index (κ2) is 9.75. The lowest BCUT2D eigenvalue weighted by Gasteiger charge is -2.47. The molecule has 0 saturated carbocycles. The Balaban J connectivity index is 1.15. The first-order valence-corrected chi connectivity index (χ1v) is 15.7. The topological polar surface area (TPSA) is 61.5 Å². The van der Waals surface area contributed by atoms with Crippen LogP contribution in [0.3, 0.4) is 0 Å². The van der Waals surface area contributed by atoms with Gasteiger partial charge >= 0.3 is 0 Å². The number of phenolic OH excluding ortho intramolecular Hbond substituents is 1. The molecule has 2 aromatic carbocycles. The molecule has 4 aliphatic heterocycles. The number of H-pyrrole nitrogens is 2. The summed E-state index contributed by atoms with van der Waals surface area (Å²) in [4.78, 5) is 15.5. The van der Waals surface area contributed by atoms with Crippen LogP contribution >= 0.6 is 0 Å². The average molecular weight is 550 g/mol. The molecule has 41 heavy (non-hydrogen) atoms. The van der Waals surface area contributed by atoms with Gasteiger partial charge in [0.15, 0.2) is 0 Å². The van der Waals surface area contributed by atoms with Crippen LogP contribution in [0.15, 0.2) is 49.1 Å². The molecule has 2 fully saturated rings. The quantitative estimate of drug-likeness (QED) is 0.256. The lowest BCUT2D eigenvalue weighted by molar-refractivity contribution is 0.0515. The molecule has 0 spiro atoms. The minimum absolute atomic E-state index is 0.284. The lowest BCUT2D eigenvalue weighted by atomic mass is 9.74. The molecule has 5 atom stereocenters. The molecule has 2 aromatic heterocycles. The van der Waals surface area contributed by atoms with Crippen molar-refractivity contribution in [2.24, 2.45) is 11.8 Å². The maximum atomic E-state index is 11.1. The standard InChI is InChI=1S/C35H43N5O/c1-4-21-20-40-17-14-26-24-11-12-31(41)32(28-10-7-15-38(28)2)35(24)37-34(26)30(40)19-22(21)18-29-33-25(13-16-39(29)3)23-8-5-6-9-27(23)36-33/h4-6,8-9,11-12,21-22,28-30,36-37,41H,1,7,10,13-20H2,2-3H3/t21-,22-,28-,29?,30-/m0/s1. The number of nitrogens with one attached hydrogen (secondary N) is 2. The first kappa shape index (κ1) is 25.6. The van der Waals surface area contributed by atoms with Gasteiger partial charge in [-0.15, -0.1) is 6.58 Å². The van der Waals surface area contributed by atoms with Gasteiger partial charge in [-0.1, -0.05) is 24.3 Å². The van der Waals surface area contributed by atoms with E-state index < -0.39 is 0 Å². The van der Waals surface area contributed by atoms with Crippen LogP contribution < -0.4 is 0 Å². The molecular weight excluding hydrogens is 506 g/mol. The highest BCUT2D eigenvalue weighted by atomic mass is 16.3. The summed E-state index contributed by atoms with van der Waals surface area (Å²) in [5.41, 5.74) is 9.38. The summed E-state index contributed by atoms with van der Waals surface area (Å²) in [6.07, 6.45) is 8.99. The van der Waals surface area contributed by atoms with Gasteiger partial charge < -0.3 is 15.1 Å². The number of hydrogen-bond donors (Lipinski definition) is 3. The number of nitrogens with zero attached hydrogens (tertiary/aromatic N) is 3. The van der Waals surface area contributed by atoms with Crippen molar-refractivity contribution < 1.29 is 5.11 Å². The van der Waals surface area contributed by atoms with E-state index in [1.807, 2.05) is 6.07 Å². The second-order valence-corrected chi connectivity index (χ2v) is 13.3. The second-order valence-electron chi connectivity index (χ2n) is 13.3. The third-order valence-corrected chi connectivity index (χ3v) is 11.2. The van der Waals surface area contributed by atoms with Gasteiger partial charge in [-0.25, -0.2) is 0 Å². The van der Waals surface area contributed by atoms with E-state index in [1.165, 1.54) is 50.7 Å². The zero-order valence-corrected chi connectivity index (χ0v) is 24.5. The van der Waals surface area contributed by atoms with Gasteiger partial charge in [-0.05, 0) is 100 Å². The highest BCUT2D eigenvalue weighted by Crippen LogP contribution is 2.49. The Morgan fingerprint density at radius 1 is 0.927 bits per heavy atom. The number of benzene rings is 2. The molecule has 0 aliphatic carbocycles. The fourth-order valence-electron chi connectivity index (χ4n) is 9.04. The first-order chi connectivity index (χ1) is 20.0. The summed E-state index contributed by atoms with van der Waals surface area (Å²) >= 11 is 0. The van der Waals surface area contributed by atoms with Crippen molar-refractivity contribution in [3.63, 3.8) is 0 Å². The number of fused-ring (bicyclic) bond motifs is 8. The maximum absolute atomic E-state index is 11.1. The summed E-state index contributed by atoms with van der Waals surface area (Å²) in [5.74, 6) is 1.49. The number of hydrogen-bond acceptors (Lipinski definition) is 4. The largest absolute Gasteiger partial charge is 0.508 e. The monoisotopic (exact) mass is 549 g/mol. The molecule has 8 rings (SSSR count). The van der Waals surface area contributed by atoms with Crippen molar-refractivity contribution >= 4 is 21.8 Å². The first-order valence-electron chi connectivity index (χ1n) is 15.7. The van der Waals surface area contributed by atoms with Crippen molar-refractivity contribution in [2.45, 2.75) is 56.7 Å². The predicted molar refractivity (Wildman–Crippen MR) is 166 cm³/mol. The van der Waals surface area contributed by atoms with E-state index in [-0.39, 0.29) is 6.04 Å². The number of aromatic hydroxyl groups is 1. The third kappa shape index (κ3) is 3.94. The van der Waals surface area contributed by atoms with E-state index in [9.17, 15) is 5.11 Å². The molecule has 4 aromatic rings. The molecule has 6 heterocycles. The molecule has 6 nitrogen and oxygen atoms in total. The fraction of sp³-hybridized carbons (Fsp3) is 0.486. The Kier molecular flexibility index (Phi) is 6.10. The van der Waals surface area contributed by atoms with Crippen molar-refractivity contribution in [3.05, 3.63) is 77.1 Å². The van der Waals surface area contributed by atoms with E-state index in [2.05, 4.69) is 81.7 Å². The van der Waals surface area contributed by atoms with Crippen molar-refractivity contribution in [1.82, 2.24) is 24.7 Å². The maximum Gasteiger partial charge on any atom is 0.122 e. The normalized spacial score (nSPS) is 29.1. The predicted octanol–water partition coefficient (Wildman–Crippen LogP) is 6.46. The van der Waals surface area contributed by atoms with E-state index in [0.717, 1.165) is 63.8 Å². The highest BCUT2D eigenvalue weighted by molar-refractivity contribution is 5.90. The van der Waals surface area contributed by atoms with Gasteiger partial charge in [-0.2, -0.15) is 0 Å². The minimum Gasteiger partial charge on any atom is -0.508 e. The molecule has 214 valence electrons. The van der Waals surface area contributed by atoms with Crippen LogP contribution in [-0.4, -0.2) is 70.0 Å². The average Bonchev–Trinajstić information content (AvgIpc) is 3.69. The van der Waals surface area contributed by atoms with Crippen molar-refractivity contribution in [3.8, 4) is 5.75 Å². The Morgan fingerprint density at radius 3 is 2.59 bits per heavy atom. The number of likely N-dealkylation sites (N-methyl/N-ethyl adjacent to an activating group) is 1. The molecule has 0 radical (unpaired) electrons. The number of piperidine rings is 1. The fourth-order valence-corrected chi connectivity index (χ4v) is 9.04. The Hall–Kier alpha value is -3.06. The summed E-state index contributed by atoms with van der Waals surface area (Å²) in [6, 6.07) is 14.0. The molecule has 6 heteroatoms. The van der Waals surface area contributed by atoms with E-state index >= 15 is 0 Å². The van der Waals surface area contributed by atoms with Gasteiger partial charge in [0.25, 0.3) is 0 Å². The van der Waals surface area contributed by atoms with Crippen molar-refractivity contribution in [1.29, 1.82) is 0 Å². The number of phenols is 1. The van der Waals surface area contributed by atoms with Crippen molar-refractivity contribution in [2.75, 3.05) is 40.3 Å². The van der Waals surface area contributed by atoms with Gasteiger partial charge in [0.05, 0.1) is 17.6 Å². The van der Waals surface area contributed by atoms with Gasteiger partial charge in [0.2, 0.25) is 0 Å². The Bertz CT molecular complexity index is 1630. The molecule has 2 saturated heterocycles. The molecular formula is C35H43N5O. The SMILES string of the molecule is C=C[C@H]1CN2CCc3c([nH]c4c([C@@H]5CCCN5C)c(O)ccc34)[C@@H]2C[C@@H]1CC1c2[nH]c3ccccc3c2CCN1C. The van der Waals surface area contributed by atoms with E-state index in [4.69, 9.17) is 0 Å². The number of rotatable bonds is 4. The van der Waals surface area contributed by atoms with Gasteiger partial charge in [0, 0.05) is 58.9 Å². The molecule has 4 aliphatic rings. The van der Waals surface area contributed by atoms with Crippen LogP contribution in [0.25, 0.3) is 21.8 Å². The third-order valence-electron chi connectivity index (χ3n) is 11.2. The lowest BCUT2D eigenvalue weighted by Crippen LogP contribution is -2.46. The number of aromatic nitrogens is 2. The Labute approximate surface area is 243 Å². The van der Waals surface area contributed by atoms with Crippen LogP contribution in [0.4, 0.5) is 0 Å². The number of likely N-dealkylation sites (tertiary alicyclic amines) is 1. The molecule has 0 amide bonds. The summed E-state index contributed by atoms with van der Waals surface area (Å²) < 4.78 is 0. The van der Waals surface area contributed by atoms with E-state index in [0.29, 0.717) is 29.7 Å². The summed E-state index contributed by atoms with van der Waals surface area (Å²) in [6.45, 7) is 8.70.